The number of anilines is 1. The van der Waals surface area contributed by atoms with Crippen LogP contribution in [-0.4, -0.2) is 49.8 Å². The summed E-state index contributed by atoms with van der Waals surface area (Å²) < 4.78 is 18.0. The molecule has 4 atom stereocenters. The lowest BCUT2D eigenvalue weighted by Gasteiger charge is -2.46. The Morgan fingerprint density at radius 2 is 2.00 bits per heavy atom. The molecule has 7 nitrogen and oxygen atoms in total. The summed E-state index contributed by atoms with van der Waals surface area (Å²) in [4.78, 5) is 28.5. The molecule has 7 rings (SSSR count). The minimum atomic E-state index is -1.13. The van der Waals surface area contributed by atoms with Gasteiger partial charge in [-0.1, -0.05) is 61.3 Å². The Labute approximate surface area is 252 Å². The van der Waals surface area contributed by atoms with Crippen molar-refractivity contribution in [2.45, 2.75) is 56.7 Å². The van der Waals surface area contributed by atoms with Gasteiger partial charge in [-0.2, -0.15) is 5.10 Å². The normalized spacial score (nSPS) is 24.7. The molecule has 3 aliphatic rings. The van der Waals surface area contributed by atoms with Gasteiger partial charge in [-0.15, -0.1) is 0 Å². The van der Waals surface area contributed by atoms with E-state index in [9.17, 15) is 14.7 Å². The molecule has 1 saturated heterocycles. The number of hydrogen-bond acceptors (Lipinski definition) is 4. The van der Waals surface area contributed by atoms with Crippen molar-refractivity contribution in [3.05, 3.63) is 92.8 Å². The number of carbonyl (C=O) groups is 2. The quantitative estimate of drug-likeness (QED) is 0.263. The first kappa shape index (κ1) is 27.4. The first-order chi connectivity index (χ1) is 20.1. The average Bonchev–Trinajstić information content (AvgIpc) is 3.55. The van der Waals surface area contributed by atoms with Crippen molar-refractivity contribution in [1.82, 2.24) is 14.7 Å². The van der Waals surface area contributed by atoms with Gasteiger partial charge in [0.25, 0.3) is 0 Å². The summed E-state index contributed by atoms with van der Waals surface area (Å²) >= 11 is 12.6. The van der Waals surface area contributed by atoms with E-state index in [1.807, 2.05) is 16.8 Å². The molecule has 0 bridgehead atoms. The van der Waals surface area contributed by atoms with Crippen LogP contribution in [0.4, 0.5) is 10.1 Å². The number of carboxylic acid groups (broad SMARTS) is 1. The maximum absolute atomic E-state index is 16.1. The monoisotopic (exact) mass is 606 g/mol. The molecule has 3 aromatic carbocycles. The van der Waals surface area contributed by atoms with Gasteiger partial charge in [-0.05, 0) is 60.3 Å². The van der Waals surface area contributed by atoms with Crippen LogP contribution in [0.15, 0.2) is 54.6 Å². The molecule has 1 aromatic heterocycles. The second-order valence-corrected chi connectivity index (χ2v) is 12.9. The zero-order valence-electron chi connectivity index (χ0n) is 23.1. The third-order valence-electron chi connectivity index (χ3n) is 9.33. The molecule has 0 unspecified atom stereocenters. The number of aromatic nitrogens is 2. The number of hydrogen-bond donors (Lipinski definition) is 2. The highest BCUT2D eigenvalue weighted by atomic mass is 35.5. The lowest BCUT2D eigenvalue weighted by atomic mass is 9.71. The largest absolute Gasteiger partial charge is 0.478 e. The number of fused-ring (bicyclic) bond motifs is 6. The van der Waals surface area contributed by atoms with Gasteiger partial charge in [0.05, 0.1) is 22.1 Å². The number of rotatable bonds is 5. The highest BCUT2D eigenvalue weighted by Crippen LogP contribution is 2.59. The van der Waals surface area contributed by atoms with Crippen molar-refractivity contribution < 1.29 is 19.1 Å². The van der Waals surface area contributed by atoms with Crippen molar-refractivity contribution in [3.8, 4) is 0 Å². The summed E-state index contributed by atoms with van der Waals surface area (Å²) in [5.74, 6) is -2.02. The predicted molar refractivity (Wildman–Crippen MR) is 160 cm³/mol. The molecular formula is C32H29Cl2FN4O3. The zero-order valence-corrected chi connectivity index (χ0v) is 24.6. The highest BCUT2D eigenvalue weighted by molar-refractivity contribution is 6.31. The summed E-state index contributed by atoms with van der Waals surface area (Å²) in [5.41, 5.74) is 2.51. The molecule has 10 heteroatoms. The van der Waals surface area contributed by atoms with Gasteiger partial charge in [0.15, 0.2) is 0 Å². The summed E-state index contributed by atoms with van der Waals surface area (Å²) in [6, 6.07) is 14.9. The minimum absolute atomic E-state index is 0.00169. The summed E-state index contributed by atoms with van der Waals surface area (Å²) in [6.45, 7) is 4.94. The predicted octanol–water partition coefficient (Wildman–Crippen LogP) is 6.73. The van der Waals surface area contributed by atoms with Crippen LogP contribution in [0, 0.1) is 11.7 Å². The number of nitrogens with zero attached hydrogens (tertiary/aromatic N) is 3. The molecule has 0 saturated carbocycles. The van der Waals surface area contributed by atoms with E-state index in [1.54, 1.807) is 36.4 Å². The van der Waals surface area contributed by atoms with Crippen molar-refractivity contribution >= 4 is 51.7 Å². The molecule has 4 aromatic rings. The summed E-state index contributed by atoms with van der Waals surface area (Å²) in [7, 11) is 0. The minimum Gasteiger partial charge on any atom is -0.478 e. The Kier molecular flexibility index (Phi) is 6.38. The van der Waals surface area contributed by atoms with Crippen LogP contribution in [0.1, 0.15) is 59.4 Å². The molecule has 0 aliphatic carbocycles. The average molecular weight is 608 g/mol. The fraction of sp³-hybridized carbons (Fsp3) is 0.344. The lowest BCUT2D eigenvalue weighted by molar-refractivity contribution is -0.129. The SMILES string of the molecule is CC(C)CCN1[C@H]2Cc3c4ccc(C(=O)O)cc4nn3[C@H]2[C@H](c2cccc(Cl)c2F)[C@@]12Cc1ccc(Cl)cc1NC2=O. The van der Waals surface area contributed by atoms with E-state index >= 15 is 4.39 Å². The second kappa shape index (κ2) is 9.79. The third-order valence-corrected chi connectivity index (χ3v) is 9.86. The van der Waals surface area contributed by atoms with Crippen molar-refractivity contribution in [1.29, 1.82) is 0 Å². The van der Waals surface area contributed by atoms with Crippen LogP contribution in [-0.2, 0) is 17.6 Å². The van der Waals surface area contributed by atoms with E-state index in [2.05, 4.69) is 24.1 Å². The number of nitrogens with one attached hydrogen (secondary N) is 1. The molecule has 3 aliphatic heterocycles. The van der Waals surface area contributed by atoms with Gasteiger partial charge in [0.1, 0.15) is 11.4 Å². The van der Waals surface area contributed by atoms with Crippen molar-refractivity contribution in [2.24, 2.45) is 5.92 Å². The van der Waals surface area contributed by atoms with Crippen LogP contribution in [0.5, 0.6) is 0 Å². The Balaban J connectivity index is 1.48. The van der Waals surface area contributed by atoms with Gasteiger partial charge in [-0.3, -0.25) is 14.4 Å². The molecule has 1 fully saturated rings. The zero-order chi connectivity index (χ0) is 29.5. The number of amides is 1. The molecule has 0 radical (unpaired) electrons. The Hall–Kier alpha value is -3.46. The maximum atomic E-state index is 16.1. The fourth-order valence-corrected chi connectivity index (χ4v) is 7.86. The van der Waals surface area contributed by atoms with Crippen LogP contribution in [0.2, 0.25) is 10.0 Å². The Bertz CT molecular complexity index is 1790. The van der Waals surface area contributed by atoms with Crippen molar-refractivity contribution in [2.75, 3.05) is 11.9 Å². The number of aromatic carboxylic acids is 1. The molecule has 2 N–H and O–H groups in total. The van der Waals surface area contributed by atoms with Gasteiger partial charge >= 0.3 is 5.97 Å². The van der Waals surface area contributed by atoms with E-state index in [0.717, 1.165) is 23.1 Å². The van der Waals surface area contributed by atoms with Gasteiger partial charge in [0.2, 0.25) is 5.91 Å². The van der Waals surface area contributed by atoms with E-state index in [1.165, 1.54) is 6.07 Å². The van der Waals surface area contributed by atoms with E-state index < -0.39 is 23.2 Å². The topological polar surface area (TPSA) is 87.5 Å². The number of likely N-dealkylation sites (tertiary alicyclic amines) is 1. The second-order valence-electron chi connectivity index (χ2n) is 12.0. The highest BCUT2D eigenvalue weighted by Gasteiger charge is 2.67. The first-order valence-electron chi connectivity index (χ1n) is 14.1. The smallest absolute Gasteiger partial charge is 0.335 e. The number of halogens is 3. The molecule has 42 heavy (non-hydrogen) atoms. The van der Waals surface area contributed by atoms with E-state index in [4.69, 9.17) is 28.3 Å². The van der Waals surface area contributed by atoms with E-state index in [-0.39, 0.29) is 28.6 Å². The Morgan fingerprint density at radius 3 is 2.76 bits per heavy atom. The van der Waals surface area contributed by atoms with Gasteiger partial charge in [-0.25, -0.2) is 9.18 Å². The standard InChI is InChI=1S/C32H29Cl2FN4O3/c1-16(2)10-11-38-26-14-25-20-9-7-17(30(40)41)12-24(20)37-39(25)29(26)27(21-4-3-5-22(34)28(21)35)32(38)15-18-6-8-19(33)13-23(18)36-31(32)42/h3-9,12-13,16,26-27,29H,10-11,14-15H2,1-2H3,(H,36,42)(H,40,41)/t26-,27-,29+,32+/m0/s1. The van der Waals surface area contributed by atoms with Gasteiger partial charge in [0, 0.05) is 46.6 Å². The molecule has 216 valence electrons. The molecule has 1 amide bonds. The first-order valence-corrected chi connectivity index (χ1v) is 14.9. The number of carboxylic acids is 1. The fourth-order valence-electron chi connectivity index (χ4n) is 7.51. The maximum Gasteiger partial charge on any atom is 0.335 e. The lowest BCUT2D eigenvalue weighted by Crippen LogP contribution is -2.61. The van der Waals surface area contributed by atoms with Gasteiger partial charge < -0.3 is 10.4 Å². The van der Waals surface area contributed by atoms with Crippen LogP contribution < -0.4 is 5.32 Å². The van der Waals surface area contributed by atoms with Crippen LogP contribution >= 0.6 is 23.2 Å². The number of carbonyl (C=O) groups excluding carboxylic acids is 1. The number of benzene rings is 3. The molecule has 1 spiro atoms. The van der Waals surface area contributed by atoms with Crippen LogP contribution in [0.25, 0.3) is 10.9 Å². The molecule has 4 heterocycles. The van der Waals surface area contributed by atoms with Crippen molar-refractivity contribution in [3.63, 3.8) is 0 Å². The van der Waals surface area contributed by atoms with Crippen LogP contribution in [0.3, 0.4) is 0 Å². The third kappa shape index (κ3) is 3.92. The summed E-state index contributed by atoms with van der Waals surface area (Å²) in [5, 5.41) is 19.0. The Morgan fingerprint density at radius 1 is 1.19 bits per heavy atom. The summed E-state index contributed by atoms with van der Waals surface area (Å²) in [6.07, 6.45) is 1.81. The van der Waals surface area contributed by atoms with E-state index in [0.29, 0.717) is 47.1 Å². The molecular weight excluding hydrogens is 578 g/mol.